The second-order valence-electron chi connectivity index (χ2n) is 5.95. The molecule has 5 heteroatoms. The largest absolute Gasteiger partial charge is 0.493 e. The van der Waals surface area contributed by atoms with Crippen molar-refractivity contribution in [3.8, 4) is 5.75 Å². The van der Waals surface area contributed by atoms with Crippen molar-refractivity contribution in [1.82, 2.24) is 0 Å². The number of nitrogens with two attached hydrogens (primary N) is 1. The first-order chi connectivity index (χ1) is 9.35. The zero-order chi connectivity index (χ0) is 14.8. The molecule has 0 spiro atoms. The number of primary sulfonamides is 1. The maximum absolute atomic E-state index is 10.9. The minimum atomic E-state index is -3.32. The van der Waals surface area contributed by atoms with Gasteiger partial charge in [-0.25, -0.2) is 13.6 Å². The molecule has 2 atom stereocenters. The highest BCUT2D eigenvalue weighted by molar-refractivity contribution is 7.89. The van der Waals surface area contributed by atoms with E-state index >= 15 is 0 Å². The molecule has 1 aromatic carbocycles. The molecule has 0 amide bonds. The lowest BCUT2D eigenvalue weighted by molar-refractivity contribution is 0.291. The van der Waals surface area contributed by atoms with Gasteiger partial charge in [-0.2, -0.15) is 0 Å². The summed E-state index contributed by atoms with van der Waals surface area (Å²) >= 11 is 0. The lowest BCUT2D eigenvalue weighted by Gasteiger charge is -2.08. The molecule has 2 unspecified atom stereocenters. The fourth-order valence-electron chi connectivity index (χ4n) is 2.34. The molecule has 1 fully saturated rings. The minimum absolute atomic E-state index is 0.0806. The lowest BCUT2D eigenvalue weighted by atomic mass is 10.0. The lowest BCUT2D eigenvalue weighted by Crippen LogP contribution is -2.17. The fourth-order valence-corrected chi connectivity index (χ4v) is 2.97. The van der Waals surface area contributed by atoms with E-state index in [1.807, 2.05) is 12.1 Å². The van der Waals surface area contributed by atoms with E-state index < -0.39 is 10.0 Å². The summed E-state index contributed by atoms with van der Waals surface area (Å²) in [5.74, 6) is 2.41. The summed E-state index contributed by atoms with van der Waals surface area (Å²) in [5.41, 5.74) is 1.30. The molecule has 1 aliphatic carbocycles. The molecule has 112 valence electrons. The first kappa shape index (κ1) is 15.3. The summed E-state index contributed by atoms with van der Waals surface area (Å²) in [5, 5.41) is 5.00. The van der Waals surface area contributed by atoms with E-state index in [4.69, 9.17) is 9.88 Å². The Hall–Kier alpha value is -1.07. The van der Waals surface area contributed by atoms with Crippen LogP contribution in [-0.2, 0) is 10.0 Å². The van der Waals surface area contributed by atoms with Gasteiger partial charge in [-0.05, 0) is 48.3 Å². The third-order valence-corrected chi connectivity index (χ3v) is 4.66. The summed E-state index contributed by atoms with van der Waals surface area (Å²) in [6, 6.07) is 8.17. The molecule has 0 aliphatic heterocycles. The van der Waals surface area contributed by atoms with Gasteiger partial charge in [-0.15, -0.1) is 0 Å². The molecule has 0 heterocycles. The van der Waals surface area contributed by atoms with E-state index in [1.54, 1.807) is 0 Å². The number of sulfonamides is 1. The number of ether oxygens (including phenoxy) is 1. The third kappa shape index (κ3) is 4.80. The maximum atomic E-state index is 10.9. The Balaban J connectivity index is 1.72. The fraction of sp³-hybridized carbons (Fsp3) is 0.600. The van der Waals surface area contributed by atoms with Crippen LogP contribution >= 0.6 is 0 Å². The van der Waals surface area contributed by atoms with Crippen molar-refractivity contribution in [2.75, 3.05) is 12.4 Å². The van der Waals surface area contributed by atoms with Crippen LogP contribution in [0.2, 0.25) is 0 Å². The second kappa shape index (κ2) is 6.14. The standard InChI is InChI=1S/C15H23NO3S/c1-11(2)12-3-5-15(6-4-12)19-10-14-9-13(14)7-8-20(16,17)18/h3-6,11,13-14H,7-10H2,1-2H3,(H2,16,17,18). The van der Waals surface area contributed by atoms with Gasteiger partial charge in [0.2, 0.25) is 10.0 Å². The summed E-state index contributed by atoms with van der Waals surface area (Å²) in [6.07, 6.45) is 1.69. The Morgan fingerprint density at radius 3 is 2.45 bits per heavy atom. The van der Waals surface area contributed by atoms with Crippen molar-refractivity contribution in [1.29, 1.82) is 0 Å². The zero-order valence-corrected chi connectivity index (χ0v) is 12.9. The first-order valence-electron chi connectivity index (χ1n) is 7.08. The van der Waals surface area contributed by atoms with Crippen LogP contribution in [-0.4, -0.2) is 20.8 Å². The Labute approximate surface area is 121 Å². The third-order valence-electron chi connectivity index (χ3n) is 3.85. The smallest absolute Gasteiger partial charge is 0.209 e. The van der Waals surface area contributed by atoms with Crippen LogP contribution in [0.1, 0.15) is 38.2 Å². The summed E-state index contributed by atoms with van der Waals surface area (Å²) in [6.45, 7) is 4.99. The Morgan fingerprint density at radius 2 is 1.90 bits per heavy atom. The molecular weight excluding hydrogens is 274 g/mol. The normalized spacial score (nSPS) is 22.0. The SMILES string of the molecule is CC(C)c1ccc(OCC2CC2CCS(N)(=O)=O)cc1. The van der Waals surface area contributed by atoms with Crippen LogP contribution in [0.5, 0.6) is 5.75 Å². The number of hydrogen-bond acceptors (Lipinski definition) is 3. The van der Waals surface area contributed by atoms with E-state index in [0.29, 0.717) is 30.8 Å². The van der Waals surface area contributed by atoms with Crippen LogP contribution in [0.15, 0.2) is 24.3 Å². The van der Waals surface area contributed by atoms with Gasteiger partial charge in [-0.3, -0.25) is 0 Å². The van der Waals surface area contributed by atoms with E-state index in [1.165, 1.54) is 5.56 Å². The van der Waals surface area contributed by atoms with Gasteiger partial charge in [0.25, 0.3) is 0 Å². The van der Waals surface area contributed by atoms with Crippen molar-refractivity contribution in [2.24, 2.45) is 17.0 Å². The van der Waals surface area contributed by atoms with Crippen LogP contribution in [0, 0.1) is 11.8 Å². The molecule has 0 saturated heterocycles. The van der Waals surface area contributed by atoms with Crippen LogP contribution in [0.3, 0.4) is 0 Å². The molecule has 0 aromatic heterocycles. The molecule has 1 aliphatic rings. The van der Waals surface area contributed by atoms with Crippen molar-refractivity contribution in [3.63, 3.8) is 0 Å². The second-order valence-corrected chi connectivity index (χ2v) is 7.68. The molecule has 4 nitrogen and oxygen atoms in total. The number of rotatable bonds is 7. The van der Waals surface area contributed by atoms with Crippen LogP contribution in [0.4, 0.5) is 0 Å². The highest BCUT2D eigenvalue weighted by Crippen LogP contribution is 2.41. The Kier molecular flexibility index (Phi) is 4.70. The monoisotopic (exact) mass is 297 g/mol. The van der Waals surface area contributed by atoms with Crippen molar-refractivity contribution in [2.45, 2.75) is 32.6 Å². The van der Waals surface area contributed by atoms with Gasteiger partial charge in [0.05, 0.1) is 12.4 Å². The van der Waals surface area contributed by atoms with Gasteiger partial charge in [0, 0.05) is 0 Å². The summed E-state index contributed by atoms with van der Waals surface area (Å²) in [4.78, 5) is 0. The molecular formula is C15H23NO3S. The van der Waals surface area contributed by atoms with Crippen LogP contribution < -0.4 is 9.88 Å². The van der Waals surface area contributed by atoms with E-state index in [2.05, 4.69) is 26.0 Å². The first-order valence-corrected chi connectivity index (χ1v) is 8.80. The topological polar surface area (TPSA) is 69.4 Å². The molecule has 0 radical (unpaired) electrons. The summed E-state index contributed by atoms with van der Waals surface area (Å²) in [7, 11) is -3.32. The predicted octanol–water partition coefficient (Wildman–Crippen LogP) is 2.50. The van der Waals surface area contributed by atoms with Gasteiger partial charge >= 0.3 is 0 Å². The number of hydrogen-bond donors (Lipinski definition) is 1. The highest BCUT2D eigenvalue weighted by atomic mass is 32.2. The van der Waals surface area contributed by atoms with Gasteiger partial charge in [0.1, 0.15) is 5.75 Å². The Bertz CT molecular complexity index is 537. The zero-order valence-electron chi connectivity index (χ0n) is 12.1. The molecule has 2 rings (SSSR count). The predicted molar refractivity (Wildman–Crippen MR) is 80.2 cm³/mol. The van der Waals surface area contributed by atoms with Gasteiger partial charge in [-0.1, -0.05) is 26.0 Å². The van der Waals surface area contributed by atoms with E-state index in [0.717, 1.165) is 12.2 Å². The molecule has 2 N–H and O–H groups in total. The van der Waals surface area contributed by atoms with E-state index in [9.17, 15) is 8.42 Å². The molecule has 20 heavy (non-hydrogen) atoms. The number of benzene rings is 1. The van der Waals surface area contributed by atoms with Crippen LogP contribution in [0.25, 0.3) is 0 Å². The highest BCUT2D eigenvalue weighted by Gasteiger charge is 2.37. The molecule has 1 aromatic rings. The van der Waals surface area contributed by atoms with Crippen molar-refractivity contribution in [3.05, 3.63) is 29.8 Å². The van der Waals surface area contributed by atoms with Crippen molar-refractivity contribution >= 4 is 10.0 Å². The Morgan fingerprint density at radius 1 is 1.25 bits per heavy atom. The minimum Gasteiger partial charge on any atom is -0.493 e. The maximum Gasteiger partial charge on any atom is 0.209 e. The average Bonchev–Trinajstić information content (AvgIpc) is 3.12. The van der Waals surface area contributed by atoms with E-state index in [-0.39, 0.29) is 5.75 Å². The summed E-state index contributed by atoms with van der Waals surface area (Å²) < 4.78 is 27.5. The van der Waals surface area contributed by atoms with Gasteiger partial charge in [0.15, 0.2) is 0 Å². The average molecular weight is 297 g/mol. The quantitative estimate of drug-likeness (QED) is 0.840. The molecule has 0 bridgehead atoms. The van der Waals surface area contributed by atoms with Gasteiger partial charge < -0.3 is 4.74 Å². The molecule has 1 saturated carbocycles. The van der Waals surface area contributed by atoms with Crippen molar-refractivity contribution < 1.29 is 13.2 Å².